The number of halogens is 1. The molecule has 2 heterocycles. The van der Waals surface area contributed by atoms with Crippen molar-refractivity contribution in [2.75, 3.05) is 38.2 Å². The molecule has 7 heteroatoms. The summed E-state index contributed by atoms with van der Waals surface area (Å²) in [7, 11) is 0. The summed E-state index contributed by atoms with van der Waals surface area (Å²) in [6.07, 6.45) is 0. The number of hydrogen-bond acceptors (Lipinski definition) is 4. The fraction of sp³-hybridized carbons (Fsp3) is 0.353. The van der Waals surface area contributed by atoms with Crippen molar-refractivity contribution in [2.24, 2.45) is 0 Å². The molecule has 0 radical (unpaired) electrons. The summed E-state index contributed by atoms with van der Waals surface area (Å²) >= 11 is 1.65. The van der Waals surface area contributed by atoms with Gasteiger partial charge in [0, 0.05) is 25.3 Å². The Labute approximate surface area is 144 Å². The van der Waals surface area contributed by atoms with Gasteiger partial charge in [-0.25, -0.2) is 9.18 Å². The van der Waals surface area contributed by atoms with Crippen LogP contribution in [-0.4, -0.2) is 43.8 Å². The fourth-order valence-electron chi connectivity index (χ4n) is 2.71. The molecule has 0 unspecified atom stereocenters. The van der Waals surface area contributed by atoms with Crippen LogP contribution in [-0.2, 0) is 4.74 Å². The Morgan fingerprint density at radius 1 is 1.25 bits per heavy atom. The van der Waals surface area contributed by atoms with E-state index in [-0.39, 0.29) is 17.9 Å². The minimum Gasteiger partial charge on any atom is -0.379 e. The van der Waals surface area contributed by atoms with Gasteiger partial charge in [-0.05, 0) is 46.7 Å². The molecular formula is C17H20FN3O2S. The Kier molecular flexibility index (Phi) is 5.79. The molecule has 24 heavy (non-hydrogen) atoms. The number of benzene rings is 1. The van der Waals surface area contributed by atoms with Crippen molar-refractivity contribution in [2.45, 2.75) is 6.04 Å². The SMILES string of the molecule is O=C(NC[C@H](c1ccsc1)N1CCOCC1)Nc1ccc(F)cc1. The highest BCUT2D eigenvalue weighted by molar-refractivity contribution is 7.07. The van der Waals surface area contributed by atoms with Crippen molar-refractivity contribution in [3.8, 4) is 0 Å². The summed E-state index contributed by atoms with van der Waals surface area (Å²) < 4.78 is 18.3. The Balaban J connectivity index is 1.58. The molecule has 0 bridgehead atoms. The van der Waals surface area contributed by atoms with Crippen LogP contribution >= 0.6 is 11.3 Å². The van der Waals surface area contributed by atoms with Gasteiger partial charge in [0.1, 0.15) is 5.82 Å². The summed E-state index contributed by atoms with van der Waals surface area (Å²) in [6.45, 7) is 3.62. The first-order valence-electron chi connectivity index (χ1n) is 7.87. The van der Waals surface area contributed by atoms with Crippen molar-refractivity contribution < 1.29 is 13.9 Å². The number of morpholine rings is 1. The highest BCUT2D eigenvalue weighted by Gasteiger charge is 2.23. The number of ether oxygens (including phenoxy) is 1. The maximum atomic E-state index is 12.9. The van der Waals surface area contributed by atoms with Crippen LogP contribution in [0.3, 0.4) is 0 Å². The van der Waals surface area contributed by atoms with E-state index in [1.807, 2.05) is 5.38 Å². The number of carbonyl (C=O) groups excluding carboxylic acids is 1. The molecule has 1 aliphatic heterocycles. The van der Waals surface area contributed by atoms with E-state index in [1.54, 1.807) is 11.3 Å². The first kappa shape index (κ1) is 16.9. The van der Waals surface area contributed by atoms with E-state index in [0.717, 1.165) is 13.1 Å². The van der Waals surface area contributed by atoms with Crippen LogP contribution < -0.4 is 10.6 Å². The number of amides is 2. The third kappa shape index (κ3) is 4.53. The predicted molar refractivity (Wildman–Crippen MR) is 92.9 cm³/mol. The van der Waals surface area contributed by atoms with Crippen LogP contribution in [0.5, 0.6) is 0 Å². The summed E-state index contributed by atoms with van der Waals surface area (Å²) in [5.74, 6) is -0.328. The minimum absolute atomic E-state index is 0.124. The largest absolute Gasteiger partial charge is 0.379 e. The highest BCUT2D eigenvalue weighted by Crippen LogP contribution is 2.23. The predicted octanol–water partition coefficient (Wildman–Crippen LogP) is 3.08. The lowest BCUT2D eigenvalue weighted by atomic mass is 10.1. The number of nitrogens with one attached hydrogen (secondary N) is 2. The van der Waals surface area contributed by atoms with Crippen LogP contribution in [0.15, 0.2) is 41.1 Å². The highest BCUT2D eigenvalue weighted by atomic mass is 32.1. The molecule has 1 fully saturated rings. The second-order valence-electron chi connectivity index (χ2n) is 5.56. The molecule has 5 nitrogen and oxygen atoms in total. The number of thiophene rings is 1. The van der Waals surface area contributed by atoms with E-state index in [2.05, 4.69) is 27.0 Å². The molecule has 0 aliphatic carbocycles. The van der Waals surface area contributed by atoms with Gasteiger partial charge in [-0.1, -0.05) is 0 Å². The van der Waals surface area contributed by atoms with Gasteiger partial charge in [-0.3, -0.25) is 4.90 Å². The summed E-state index contributed by atoms with van der Waals surface area (Å²) in [5.41, 5.74) is 1.76. The normalized spacial score (nSPS) is 16.5. The molecular weight excluding hydrogens is 329 g/mol. The molecule has 0 saturated carbocycles. The number of carbonyl (C=O) groups is 1. The molecule has 128 valence electrons. The Morgan fingerprint density at radius 2 is 2.00 bits per heavy atom. The average Bonchev–Trinajstić information content (AvgIpc) is 3.12. The first-order chi connectivity index (χ1) is 11.7. The lowest BCUT2D eigenvalue weighted by molar-refractivity contribution is 0.0168. The molecule has 3 rings (SSSR count). The van der Waals surface area contributed by atoms with E-state index in [4.69, 9.17) is 4.74 Å². The van der Waals surface area contributed by atoms with Crippen molar-refractivity contribution in [3.63, 3.8) is 0 Å². The Hall–Kier alpha value is -1.96. The van der Waals surface area contributed by atoms with Gasteiger partial charge >= 0.3 is 6.03 Å². The maximum absolute atomic E-state index is 12.9. The van der Waals surface area contributed by atoms with Crippen LogP contribution in [0.2, 0.25) is 0 Å². The van der Waals surface area contributed by atoms with E-state index < -0.39 is 0 Å². The molecule has 1 aromatic heterocycles. The van der Waals surface area contributed by atoms with E-state index in [0.29, 0.717) is 25.4 Å². The van der Waals surface area contributed by atoms with Crippen LogP contribution in [0.25, 0.3) is 0 Å². The van der Waals surface area contributed by atoms with Gasteiger partial charge in [0.2, 0.25) is 0 Å². The fourth-order valence-corrected chi connectivity index (χ4v) is 3.42. The standard InChI is InChI=1S/C17H20FN3O2S/c18-14-1-3-15(4-2-14)20-17(22)19-11-16(13-5-10-24-12-13)21-6-8-23-9-7-21/h1-5,10,12,16H,6-9,11H2,(H2,19,20,22)/t16-/m1/s1. The van der Waals surface area contributed by atoms with Crippen LogP contribution in [0.1, 0.15) is 11.6 Å². The van der Waals surface area contributed by atoms with Gasteiger partial charge in [0.25, 0.3) is 0 Å². The van der Waals surface area contributed by atoms with Gasteiger partial charge < -0.3 is 15.4 Å². The smallest absolute Gasteiger partial charge is 0.319 e. The maximum Gasteiger partial charge on any atom is 0.319 e. The second kappa shape index (κ2) is 8.23. The monoisotopic (exact) mass is 349 g/mol. The van der Waals surface area contributed by atoms with Crippen LogP contribution in [0.4, 0.5) is 14.9 Å². The third-order valence-electron chi connectivity index (χ3n) is 3.97. The zero-order valence-corrected chi connectivity index (χ0v) is 14.0. The van der Waals surface area contributed by atoms with Gasteiger partial charge in [-0.2, -0.15) is 11.3 Å². The number of rotatable bonds is 5. The lowest BCUT2D eigenvalue weighted by Gasteiger charge is -2.34. The van der Waals surface area contributed by atoms with Gasteiger partial charge in [0.15, 0.2) is 0 Å². The number of hydrogen-bond donors (Lipinski definition) is 2. The molecule has 2 aromatic rings. The zero-order valence-electron chi connectivity index (χ0n) is 13.2. The molecule has 1 aromatic carbocycles. The number of anilines is 1. The van der Waals surface area contributed by atoms with E-state index in [1.165, 1.54) is 29.8 Å². The molecule has 1 aliphatic rings. The van der Waals surface area contributed by atoms with E-state index in [9.17, 15) is 9.18 Å². The molecule has 1 atom stereocenters. The topological polar surface area (TPSA) is 53.6 Å². The van der Waals surface area contributed by atoms with Crippen molar-refractivity contribution in [1.82, 2.24) is 10.2 Å². The molecule has 2 N–H and O–H groups in total. The third-order valence-corrected chi connectivity index (χ3v) is 4.67. The first-order valence-corrected chi connectivity index (χ1v) is 8.81. The quantitative estimate of drug-likeness (QED) is 0.872. The van der Waals surface area contributed by atoms with Crippen LogP contribution in [0, 0.1) is 5.82 Å². The molecule has 0 spiro atoms. The Bertz CT molecular complexity index is 642. The molecule has 1 saturated heterocycles. The van der Waals surface area contributed by atoms with Crippen molar-refractivity contribution >= 4 is 23.1 Å². The summed E-state index contributed by atoms with van der Waals surface area (Å²) in [5, 5.41) is 9.78. The minimum atomic E-state index is -0.328. The lowest BCUT2D eigenvalue weighted by Crippen LogP contribution is -2.44. The van der Waals surface area contributed by atoms with Gasteiger partial charge in [-0.15, -0.1) is 0 Å². The van der Waals surface area contributed by atoms with Crippen molar-refractivity contribution in [1.29, 1.82) is 0 Å². The summed E-state index contributed by atoms with van der Waals surface area (Å²) in [6, 6.07) is 7.62. The van der Waals surface area contributed by atoms with E-state index >= 15 is 0 Å². The second-order valence-corrected chi connectivity index (χ2v) is 6.34. The number of urea groups is 1. The summed E-state index contributed by atoms with van der Waals surface area (Å²) in [4.78, 5) is 14.4. The number of nitrogens with zero attached hydrogens (tertiary/aromatic N) is 1. The van der Waals surface area contributed by atoms with Gasteiger partial charge in [0.05, 0.1) is 19.3 Å². The average molecular weight is 349 g/mol. The Morgan fingerprint density at radius 3 is 2.67 bits per heavy atom. The molecule has 2 amide bonds. The zero-order chi connectivity index (χ0) is 16.8. The van der Waals surface area contributed by atoms with Crippen molar-refractivity contribution in [3.05, 3.63) is 52.5 Å².